The zero-order chi connectivity index (χ0) is 14.7. The molecule has 0 N–H and O–H groups in total. The highest BCUT2D eigenvalue weighted by atomic mass is 35.5. The Labute approximate surface area is 128 Å². The summed E-state index contributed by atoms with van der Waals surface area (Å²) in [7, 11) is 2.09. The van der Waals surface area contributed by atoms with E-state index in [1.54, 1.807) is 17.5 Å². The van der Waals surface area contributed by atoms with Crippen LogP contribution in [0, 0.1) is 6.92 Å². The van der Waals surface area contributed by atoms with Crippen molar-refractivity contribution in [2.45, 2.75) is 39.8 Å². The Morgan fingerprint density at radius 1 is 1.40 bits per heavy atom. The molecule has 0 saturated heterocycles. The normalized spacial score (nSPS) is 12.9. The Hall–Kier alpha value is -1.04. The Morgan fingerprint density at radius 2 is 2.15 bits per heavy atom. The van der Waals surface area contributed by atoms with Gasteiger partial charge in [-0.15, -0.1) is 11.3 Å². The maximum atomic E-state index is 5.82. The summed E-state index contributed by atoms with van der Waals surface area (Å²) in [5.41, 5.74) is 2.06. The second-order valence-corrected chi connectivity index (χ2v) is 6.27. The third-order valence-corrected chi connectivity index (χ3v) is 4.97. The van der Waals surface area contributed by atoms with Gasteiger partial charge >= 0.3 is 0 Å². The van der Waals surface area contributed by atoms with Gasteiger partial charge < -0.3 is 0 Å². The molecule has 0 spiro atoms. The predicted molar refractivity (Wildman–Crippen MR) is 83.2 cm³/mol. The lowest BCUT2D eigenvalue weighted by atomic mass is 10.2. The van der Waals surface area contributed by atoms with Crippen molar-refractivity contribution in [2.75, 3.05) is 7.05 Å². The van der Waals surface area contributed by atoms with Crippen LogP contribution in [0.25, 0.3) is 0 Å². The van der Waals surface area contributed by atoms with E-state index in [-0.39, 0.29) is 0 Å². The minimum Gasteiger partial charge on any atom is -0.293 e. The molecule has 1 unspecified atom stereocenters. The van der Waals surface area contributed by atoms with Crippen molar-refractivity contribution in [3.05, 3.63) is 38.8 Å². The quantitative estimate of drug-likeness (QED) is 0.791. The minimum atomic E-state index is 0.297. The molecule has 2 heterocycles. The molecule has 0 amide bonds. The van der Waals surface area contributed by atoms with Gasteiger partial charge in [0.1, 0.15) is 0 Å². The molecule has 2 rings (SSSR count). The fraction of sp³-hybridized carbons (Fsp3) is 0.500. The standard InChI is InChI=1S/C14H19ClN4S/c1-5-12-17-9(2)13(20-12)10(3)19(4)8-11-6-7-16-14(15)18-11/h6-7,10H,5,8H2,1-4H3. The Bertz CT molecular complexity index is 584. The van der Waals surface area contributed by atoms with Gasteiger partial charge in [-0.3, -0.25) is 4.90 Å². The predicted octanol–water partition coefficient (Wildman–Crippen LogP) is 3.65. The molecule has 1 atom stereocenters. The fourth-order valence-electron chi connectivity index (χ4n) is 2.05. The highest BCUT2D eigenvalue weighted by Gasteiger charge is 2.18. The van der Waals surface area contributed by atoms with Crippen LogP contribution in [0.15, 0.2) is 12.3 Å². The number of halogens is 1. The van der Waals surface area contributed by atoms with E-state index in [0.29, 0.717) is 11.3 Å². The zero-order valence-electron chi connectivity index (χ0n) is 12.2. The lowest BCUT2D eigenvalue weighted by Gasteiger charge is -2.23. The summed E-state index contributed by atoms with van der Waals surface area (Å²) in [4.78, 5) is 16.3. The molecule has 6 heteroatoms. The van der Waals surface area contributed by atoms with E-state index in [1.165, 1.54) is 9.88 Å². The van der Waals surface area contributed by atoms with Crippen LogP contribution in [-0.2, 0) is 13.0 Å². The number of hydrogen-bond acceptors (Lipinski definition) is 5. The molecule has 0 bridgehead atoms. The molecule has 0 radical (unpaired) electrons. The molecule has 0 aromatic carbocycles. The highest BCUT2D eigenvalue weighted by Crippen LogP contribution is 2.29. The van der Waals surface area contributed by atoms with Crippen LogP contribution in [0.5, 0.6) is 0 Å². The van der Waals surface area contributed by atoms with Gasteiger partial charge in [0.25, 0.3) is 0 Å². The monoisotopic (exact) mass is 310 g/mol. The average molecular weight is 311 g/mol. The smallest absolute Gasteiger partial charge is 0.222 e. The fourth-order valence-corrected chi connectivity index (χ4v) is 3.34. The molecule has 0 saturated carbocycles. The van der Waals surface area contributed by atoms with E-state index in [1.807, 2.05) is 6.07 Å². The van der Waals surface area contributed by atoms with Gasteiger partial charge in [0, 0.05) is 23.7 Å². The Morgan fingerprint density at radius 3 is 2.75 bits per heavy atom. The molecule has 2 aromatic heterocycles. The van der Waals surface area contributed by atoms with Gasteiger partial charge in [0.05, 0.1) is 16.4 Å². The maximum absolute atomic E-state index is 5.82. The van der Waals surface area contributed by atoms with E-state index in [4.69, 9.17) is 11.6 Å². The molecular formula is C14H19ClN4S. The van der Waals surface area contributed by atoms with Crippen LogP contribution in [0.4, 0.5) is 0 Å². The van der Waals surface area contributed by atoms with Crippen molar-refractivity contribution in [2.24, 2.45) is 0 Å². The van der Waals surface area contributed by atoms with Gasteiger partial charge in [-0.2, -0.15) is 0 Å². The van der Waals surface area contributed by atoms with Crippen LogP contribution < -0.4 is 0 Å². The van der Waals surface area contributed by atoms with Crippen LogP contribution in [0.2, 0.25) is 5.28 Å². The molecule has 0 aliphatic carbocycles. The lowest BCUT2D eigenvalue weighted by Crippen LogP contribution is -2.22. The maximum Gasteiger partial charge on any atom is 0.222 e. The minimum absolute atomic E-state index is 0.297. The summed E-state index contributed by atoms with van der Waals surface area (Å²) in [5, 5.41) is 1.49. The number of thiazole rings is 1. The second kappa shape index (κ2) is 6.61. The van der Waals surface area contributed by atoms with Crippen molar-refractivity contribution >= 4 is 22.9 Å². The zero-order valence-corrected chi connectivity index (χ0v) is 13.8. The molecule has 20 heavy (non-hydrogen) atoms. The van der Waals surface area contributed by atoms with Gasteiger partial charge in [0.2, 0.25) is 5.28 Å². The summed E-state index contributed by atoms with van der Waals surface area (Å²) in [6, 6.07) is 2.20. The third-order valence-electron chi connectivity index (χ3n) is 3.32. The SMILES string of the molecule is CCc1nc(C)c(C(C)N(C)Cc2ccnc(Cl)n2)s1. The molecule has 108 valence electrons. The van der Waals surface area contributed by atoms with Crippen LogP contribution in [0.3, 0.4) is 0 Å². The number of aryl methyl sites for hydroxylation is 2. The van der Waals surface area contributed by atoms with E-state index >= 15 is 0 Å². The molecule has 0 fully saturated rings. The second-order valence-electron chi connectivity index (χ2n) is 4.82. The van der Waals surface area contributed by atoms with E-state index < -0.39 is 0 Å². The van der Waals surface area contributed by atoms with Gasteiger partial charge in [-0.25, -0.2) is 15.0 Å². The summed E-state index contributed by atoms with van der Waals surface area (Å²) in [5.74, 6) is 0. The molecule has 4 nitrogen and oxygen atoms in total. The van der Waals surface area contributed by atoms with Crippen LogP contribution in [0.1, 0.15) is 41.2 Å². The van der Waals surface area contributed by atoms with Gasteiger partial charge in [-0.05, 0) is 45.0 Å². The highest BCUT2D eigenvalue weighted by molar-refractivity contribution is 7.11. The number of nitrogens with zero attached hydrogens (tertiary/aromatic N) is 4. The topological polar surface area (TPSA) is 41.9 Å². The van der Waals surface area contributed by atoms with E-state index in [9.17, 15) is 0 Å². The summed E-state index contributed by atoms with van der Waals surface area (Å²) < 4.78 is 0. The Balaban J connectivity index is 2.11. The largest absolute Gasteiger partial charge is 0.293 e. The number of hydrogen-bond donors (Lipinski definition) is 0. The molecule has 2 aromatic rings. The first kappa shape index (κ1) is 15.4. The molecule has 0 aliphatic heterocycles. The van der Waals surface area contributed by atoms with Crippen molar-refractivity contribution in [3.63, 3.8) is 0 Å². The first-order chi connectivity index (χ1) is 9.51. The first-order valence-corrected chi connectivity index (χ1v) is 7.84. The molecule has 0 aliphatic rings. The molecular weight excluding hydrogens is 292 g/mol. The van der Waals surface area contributed by atoms with Crippen molar-refractivity contribution in [1.29, 1.82) is 0 Å². The number of aromatic nitrogens is 3. The van der Waals surface area contributed by atoms with Gasteiger partial charge in [0.15, 0.2) is 0 Å². The van der Waals surface area contributed by atoms with Crippen molar-refractivity contribution < 1.29 is 0 Å². The number of rotatable bonds is 5. The summed E-state index contributed by atoms with van der Waals surface area (Å²) >= 11 is 7.62. The third kappa shape index (κ3) is 3.53. The summed E-state index contributed by atoms with van der Waals surface area (Å²) in [6.45, 7) is 7.15. The van der Waals surface area contributed by atoms with Crippen LogP contribution >= 0.6 is 22.9 Å². The van der Waals surface area contributed by atoms with Gasteiger partial charge in [-0.1, -0.05) is 6.92 Å². The average Bonchev–Trinajstić information content (AvgIpc) is 2.79. The van der Waals surface area contributed by atoms with E-state index in [0.717, 1.165) is 24.4 Å². The lowest BCUT2D eigenvalue weighted by molar-refractivity contribution is 0.252. The summed E-state index contributed by atoms with van der Waals surface area (Å²) in [6.07, 6.45) is 2.68. The van der Waals surface area contributed by atoms with Crippen molar-refractivity contribution in [3.8, 4) is 0 Å². The van der Waals surface area contributed by atoms with E-state index in [2.05, 4.69) is 47.7 Å². The Kier molecular flexibility index (Phi) is 5.07. The first-order valence-electron chi connectivity index (χ1n) is 6.65. The van der Waals surface area contributed by atoms with Crippen LogP contribution in [-0.4, -0.2) is 26.9 Å². The van der Waals surface area contributed by atoms with Crippen molar-refractivity contribution in [1.82, 2.24) is 19.9 Å².